The molecule has 0 aliphatic heterocycles. The Kier molecular flexibility index (Phi) is 3.82. The highest BCUT2D eigenvalue weighted by atomic mass is 79.9. The summed E-state index contributed by atoms with van der Waals surface area (Å²) in [5.74, 6) is 1.20. The Morgan fingerprint density at radius 2 is 2.10 bits per heavy atom. The standard InChI is InChI=1S/C15H15BrN4S/c1-9-6-12-13(18-15(17)19-14(12)21-9)20(2)8-10-4-3-5-11(16)7-10/h3-7H,8H2,1-2H3,(H2,17,18,19). The number of fused-ring (bicyclic) bond motifs is 1. The molecule has 0 aliphatic carbocycles. The van der Waals surface area contributed by atoms with Crippen LogP contribution in [0.3, 0.4) is 0 Å². The van der Waals surface area contributed by atoms with E-state index in [1.807, 2.05) is 19.2 Å². The molecule has 0 fully saturated rings. The fraction of sp³-hybridized carbons (Fsp3) is 0.200. The molecule has 0 spiro atoms. The zero-order valence-electron chi connectivity index (χ0n) is 11.8. The number of nitrogens with zero attached hydrogens (tertiary/aromatic N) is 3. The first-order chi connectivity index (χ1) is 10.0. The second kappa shape index (κ2) is 5.61. The SMILES string of the molecule is Cc1cc2c(N(C)Cc3cccc(Br)c3)nc(N)nc2s1. The molecule has 0 amide bonds. The number of anilines is 2. The van der Waals surface area contributed by atoms with Gasteiger partial charge < -0.3 is 10.6 Å². The van der Waals surface area contributed by atoms with Gasteiger partial charge in [-0.2, -0.15) is 4.98 Å². The largest absolute Gasteiger partial charge is 0.368 e. The molecule has 3 rings (SSSR count). The van der Waals surface area contributed by atoms with Gasteiger partial charge in [-0.3, -0.25) is 0 Å². The molecule has 0 radical (unpaired) electrons. The van der Waals surface area contributed by atoms with Crippen molar-refractivity contribution in [1.29, 1.82) is 0 Å². The van der Waals surface area contributed by atoms with E-state index in [1.165, 1.54) is 10.4 Å². The number of nitrogens with two attached hydrogens (primary N) is 1. The molecule has 0 bridgehead atoms. The second-order valence-electron chi connectivity index (χ2n) is 4.97. The van der Waals surface area contributed by atoms with Gasteiger partial charge in [0.1, 0.15) is 10.6 Å². The Labute approximate surface area is 135 Å². The lowest BCUT2D eigenvalue weighted by atomic mass is 10.2. The van der Waals surface area contributed by atoms with Crippen LogP contribution >= 0.6 is 27.3 Å². The van der Waals surface area contributed by atoms with Gasteiger partial charge in [0.25, 0.3) is 0 Å². The van der Waals surface area contributed by atoms with E-state index in [1.54, 1.807) is 11.3 Å². The molecule has 0 saturated heterocycles. The normalized spacial score (nSPS) is 11.0. The third-order valence-corrected chi connectivity index (χ3v) is 4.62. The second-order valence-corrected chi connectivity index (χ2v) is 7.12. The van der Waals surface area contributed by atoms with Crippen molar-refractivity contribution in [3.63, 3.8) is 0 Å². The van der Waals surface area contributed by atoms with Gasteiger partial charge in [-0.25, -0.2) is 4.98 Å². The van der Waals surface area contributed by atoms with Crippen molar-refractivity contribution >= 4 is 49.2 Å². The van der Waals surface area contributed by atoms with Gasteiger partial charge in [-0.15, -0.1) is 11.3 Å². The van der Waals surface area contributed by atoms with Gasteiger partial charge in [-0.1, -0.05) is 28.1 Å². The molecule has 0 aliphatic rings. The first kappa shape index (κ1) is 14.3. The van der Waals surface area contributed by atoms with Gasteiger partial charge in [-0.05, 0) is 30.7 Å². The average molecular weight is 363 g/mol. The van der Waals surface area contributed by atoms with Crippen LogP contribution in [0.2, 0.25) is 0 Å². The molecule has 0 atom stereocenters. The van der Waals surface area contributed by atoms with Crippen LogP contribution in [-0.4, -0.2) is 17.0 Å². The Balaban J connectivity index is 1.99. The van der Waals surface area contributed by atoms with Crippen LogP contribution in [0.15, 0.2) is 34.8 Å². The zero-order valence-corrected chi connectivity index (χ0v) is 14.2. The maximum atomic E-state index is 5.84. The summed E-state index contributed by atoms with van der Waals surface area (Å²) in [5.41, 5.74) is 7.05. The van der Waals surface area contributed by atoms with Crippen molar-refractivity contribution in [1.82, 2.24) is 9.97 Å². The summed E-state index contributed by atoms with van der Waals surface area (Å²) in [6.07, 6.45) is 0. The maximum absolute atomic E-state index is 5.84. The molecule has 4 nitrogen and oxygen atoms in total. The average Bonchev–Trinajstić information content (AvgIpc) is 2.77. The van der Waals surface area contributed by atoms with Crippen molar-refractivity contribution < 1.29 is 0 Å². The van der Waals surface area contributed by atoms with Crippen LogP contribution in [0.5, 0.6) is 0 Å². The predicted molar refractivity (Wildman–Crippen MR) is 92.8 cm³/mol. The van der Waals surface area contributed by atoms with Gasteiger partial charge in [0.15, 0.2) is 0 Å². The third-order valence-electron chi connectivity index (χ3n) is 3.18. The molecule has 0 unspecified atom stereocenters. The minimum absolute atomic E-state index is 0.320. The Hall–Kier alpha value is -1.66. The Morgan fingerprint density at radius 1 is 1.29 bits per heavy atom. The molecule has 6 heteroatoms. The van der Waals surface area contributed by atoms with Crippen molar-refractivity contribution in [2.75, 3.05) is 17.7 Å². The van der Waals surface area contributed by atoms with E-state index in [-0.39, 0.29) is 0 Å². The smallest absolute Gasteiger partial charge is 0.223 e. The van der Waals surface area contributed by atoms with Crippen molar-refractivity contribution in [3.05, 3.63) is 45.2 Å². The number of nitrogen functional groups attached to an aromatic ring is 1. The monoisotopic (exact) mass is 362 g/mol. The topological polar surface area (TPSA) is 55.0 Å². The van der Waals surface area contributed by atoms with E-state index in [0.29, 0.717) is 5.95 Å². The Morgan fingerprint density at radius 3 is 2.86 bits per heavy atom. The number of halogens is 1. The van der Waals surface area contributed by atoms with E-state index in [9.17, 15) is 0 Å². The zero-order chi connectivity index (χ0) is 15.0. The quantitative estimate of drug-likeness (QED) is 0.765. The molecular weight excluding hydrogens is 348 g/mol. The number of thiophene rings is 1. The third kappa shape index (κ3) is 3.01. The summed E-state index contributed by atoms with van der Waals surface area (Å²) in [4.78, 5) is 13.0. The van der Waals surface area contributed by atoms with E-state index in [4.69, 9.17) is 5.73 Å². The lowest BCUT2D eigenvalue weighted by Gasteiger charge is -2.19. The fourth-order valence-corrected chi connectivity index (χ4v) is 3.65. The van der Waals surface area contributed by atoms with E-state index in [0.717, 1.165) is 27.1 Å². The summed E-state index contributed by atoms with van der Waals surface area (Å²) >= 11 is 5.14. The summed E-state index contributed by atoms with van der Waals surface area (Å²) in [6.45, 7) is 2.83. The number of rotatable bonds is 3. The van der Waals surface area contributed by atoms with Crippen LogP contribution in [-0.2, 0) is 6.54 Å². The molecular formula is C15H15BrN4S. The van der Waals surface area contributed by atoms with Crippen molar-refractivity contribution in [2.24, 2.45) is 0 Å². The van der Waals surface area contributed by atoms with Gasteiger partial charge in [0, 0.05) is 22.9 Å². The first-order valence-corrected chi connectivity index (χ1v) is 8.13. The highest BCUT2D eigenvalue weighted by Gasteiger charge is 2.13. The molecule has 108 valence electrons. The molecule has 21 heavy (non-hydrogen) atoms. The lowest BCUT2D eigenvalue weighted by molar-refractivity contribution is 0.902. The van der Waals surface area contributed by atoms with Gasteiger partial charge in [0.05, 0.1) is 5.39 Å². The predicted octanol–water partition coefficient (Wildman–Crippen LogP) is 3.98. The van der Waals surface area contributed by atoms with Crippen LogP contribution in [0, 0.1) is 6.92 Å². The first-order valence-electron chi connectivity index (χ1n) is 6.52. The van der Waals surface area contributed by atoms with E-state index >= 15 is 0 Å². The molecule has 2 aromatic heterocycles. The summed E-state index contributed by atoms with van der Waals surface area (Å²) in [5, 5.41) is 1.06. The Bertz CT molecular complexity index is 799. The molecule has 2 N–H and O–H groups in total. The summed E-state index contributed by atoms with van der Waals surface area (Å²) in [6, 6.07) is 10.4. The van der Waals surface area contributed by atoms with Crippen LogP contribution in [0.1, 0.15) is 10.4 Å². The minimum Gasteiger partial charge on any atom is -0.368 e. The summed E-state index contributed by atoms with van der Waals surface area (Å²) < 4.78 is 1.08. The number of benzene rings is 1. The molecule has 2 heterocycles. The van der Waals surface area contributed by atoms with E-state index in [2.05, 4.69) is 55.9 Å². The molecule has 0 saturated carbocycles. The molecule has 3 aromatic rings. The summed E-state index contributed by atoms with van der Waals surface area (Å²) in [7, 11) is 2.02. The molecule has 1 aromatic carbocycles. The maximum Gasteiger partial charge on any atom is 0.223 e. The fourth-order valence-electron chi connectivity index (χ4n) is 2.32. The van der Waals surface area contributed by atoms with Crippen LogP contribution in [0.25, 0.3) is 10.2 Å². The van der Waals surface area contributed by atoms with E-state index < -0.39 is 0 Å². The number of aromatic nitrogens is 2. The highest BCUT2D eigenvalue weighted by Crippen LogP contribution is 2.31. The number of aryl methyl sites for hydroxylation is 1. The van der Waals surface area contributed by atoms with Crippen molar-refractivity contribution in [2.45, 2.75) is 13.5 Å². The van der Waals surface area contributed by atoms with Crippen LogP contribution in [0.4, 0.5) is 11.8 Å². The van der Waals surface area contributed by atoms with Crippen LogP contribution < -0.4 is 10.6 Å². The lowest BCUT2D eigenvalue weighted by Crippen LogP contribution is -2.18. The number of hydrogen-bond donors (Lipinski definition) is 1. The van der Waals surface area contributed by atoms with Crippen molar-refractivity contribution in [3.8, 4) is 0 Å². The highest BCUT2D eigenvalue weighted by molar-refractivity contribution is 9.10. The van der Waals surface area contributed by atoms with Gasteiger partial charge in [0.2, 0.25) is 5.95 Å². The minimum atomic E-state index is 0.320. The van der Waals surface area contributed by atoms with Gasteiger partial charge >= 0.3 is 0 Å². The number of hydrogen-bond acceptors (Lipinski definition) is 5.